The van der Waals surface area contributed by atoms with Gasteiger partial charge in [-0.05, 0) is 30.3 Å². The minimum absolute atomic E-state index is 0.0190. The minimum Gasteiger partial charge on any atom is -0.390 e. The van der Waals surface area contributed by atoms with Crippen LogP contribution in [0.15, 0.2) is 48.5 Å². The Balaban J connectivity index is 1.22. The fourth-order valence-corrected chi connectivity index (χ4v) is 6.23. The molecule has 1 N–H and O–H groups in total. The molecule has 2 aliphatic heterocycles. The van der Waals surface area contributed by atoms with Gasteiger partial charge in [-0.2, -0.15) is 0 Å². The molecule has 6 nitrogen and oxygen atoms in total. The molecule has 0 saturated carbocycles. The third-order valence-corrected chi connectivity index (χ3v) is 8.35. The Labute approximate surface area is 205 Å². The van der Waals surface area contributed by atoms with Gasteiger partial charge < -0.3 is 14.9 Å². The predicted octanol–water partition coefficient (Wildman–Crippen LogP) is 3.85. The van der Waals surface area contributed by atoms with Gasteiger partial charge in [0.25, 0.3) is 11.8 Å². The Kier molecular flexibility index (Phi) is 6.33. The lowest BCUT2D eigenvalue weighted by Gasteiger charge is -2.38. The summed E-state index contributed by atoms with van der Waals surface area (Å²) in [7, 11) is 0. The molecule has 0 spiro atoms. The van der Waals surface area contributed by atoms with Crippen LogP contribution in [0.4, 0.5) is 0 Å². The molecular formula is C24H23Cl2N3O3S. The number of carbonyl (C=O) groups is 2. The first-order valence-corrected chi connectivity index (χ1v) is 12.4. The second-order valence-corrected chi connectivity index (χ2v) is 10.3. The van der Waals surface area contributed by atoms with Crippen LogP contribution in [-0.2, 0) is 0 Å². The maximum atomic E-state index is 13.2. The zero-order chi connectivity index (χ0) is 23.1. The smallest absolute Gasteiger partial charge is 0.265 e. The fourth-order valence-electron chi connectivity index (χ4n) is 4.62. The Bertz CT molecular complexity index is 1190. The monoisotopic (exact) mass is 503 g/mol. The van der Waals surface area contributed by atoms with Crippen molar-refractivity contribution in [1.82, 2.24) is 14.7 Å². The minimum atomic E-state index is -0.638. The van der Waals surface area contributed by atoms with Crippen molar-refractivity contribution >= 4 is 56.4 Å². The summed E-state index contributed by atoms with van der Waals surface area (Å²) in [5, 5.41) is 12.7. The van der Waals surface area contributed by atoms with Crippen LogP contribution in [0.3, 0.4) is 0 Å². The number of aliphatic hydroxyl groups is 1. The van der Waals surface area contributed by atoms with E-state index in [-0.39, 0.29) is 24.4 Å². The van der Waals surface area contributed by atoms with E-state index < -0.39 is 6.10 Å². The highest BCUT2D eigenvalue weighted by molar-refractivity contribution is 7.21. The quantitative estimate of drug-likeness (QED) is 0.589. The van der Waals surface area contributed by atoms with Crippen LogP contribution in [0.2, 0.25) is 10.0 Å². The summed E-state index contributed by atoms with van der Waals surface area (Å²) in [6.07, 6.45) is -0.638. The first kappa shape index (κ1) is 22.6. The summed E-state index contributed by atoms with van der Waals surface area (Å²) in [6.45, 7) is 3.15. The highest BCUT2D eigenvalue weighted by Gasteiger charge is 2.40. The van der Waals surface area contributed by atoms with Gasteiger partial charge in [0.05, 0.1) is 17.2 Å². The highest BCUT2D eigenvalue weighted by Crippen LogP contribution is 2.36. The van der Waals surface area contributed by atoms with Gasteiger partial charge in [0.2, 0.25) is 0 Å². The van der Waals surface area contributed by atoms with E-state index in [9.17, 15) is 14.7 Å². The fraction of sp³-hybridized carbons (Fsp3) is 0.333. The van der Waals surface area contributed by atoms with Crippen molar-refractivity contribution in [2.75, 3.05) is 39.3 Å². The van der Waals surface area contributed by atoms with Crippen molar-refractivity contribution in [2.24, 2.45) is 0 Å². The van der Waals surface area contributed by atoms with E-state index in [2.05, 4.69) is 4.90 Å². The van der Waals surface area contributed by atoms with Crippen LogP contribution >= 0.6 is 34.5 Å². The number of amides is 2. The van der Waals surface area contributed by atoms with Gasteiger partial charge in [-0.15, -0.1) is 11.3 Å². The maximum absolute atomic E-state index is 13.2. The maximum Gasteiger partial charge on any atom is 0.265 e. The normalized spacial score (nSPS) is 21.7. The van der Waals surface area contributed by atoms with Crippen LogP contribution in [-0.4, -0.2) is 83.0 Å². The third-order valence-electron chi connectivity index (χ3n) is 6.44. The average Bonchev–Trinajstić information content (AvgIpc) is 3.39. The molecule has 172 valence electrons. The van der Waals surface area contributed by atoms with Gasteiger partial charge in [-0.3, -0.25) is 14.5 Å². The highest BCUT2D eigenvalue weighted by atomic mass is 35.5. The number of rotatable bonds is 3. The van der Waals surface area contributed by atoms with Gasteiger partial charge in [0.15, 0.2) is 0 Å². The first-order valence-electron chi connectivity index (χ1n) is 10.9. The third kappa shape index (κ3) is 4.36. The van der Waals surface area contributed by atoms with Gasteiger partial charge in [-0.1, -0.05) is 41.4 Å². The van der Waals surface area contributed by atoms with Crippen LogP contribution in [0.25, 0.3) is 10.1 Å². The lowest BCUT2D eigenvalue weighted by atomic mass is 10.1. The summed E-state index contributed by atoms with van der Waals surface area (Å²) < 4.78 is 0.976. The molecule has 2 saturated heterocycles. The summed E-state index contributed by atoms with van der Waals surface area (Å²) >= 11 is 13.8. The lowest BCUT2D eigenvalue weighted by Crippen LogP contribution is -2.54. The Morgan fingerprint density at radius 3 is 2.27 bits per heavy atom. The number of likely N-dealkylation sites (tertiary alicyclic amines) is 1. The SMILES string of the molecule is O=C(c1ccc(Cl)cc1)N1CCN(C2CN(C(=O)c3sc4ccccc4c3Cl)CC2O)CC1. The second-order valence-electron chi connectivity index (χ2n) is 8.42. The van der Waals surface area contributed by atoms with Gasteiger partial charge in [-0.25, -0.2) is 0 Å². The summed E-state index contributed by atoms with van der Waals surface area (Å²) in [5.74, 6) is -0.159. The zero-order valence-corrected chi connectivity index (χ0v) is 20.1. The van der Waals surface area contributed by atoms with E-state index in [0.29, 0.717) is 53.2 Å². The standard InChI is InChI=1S/C24H23Cl2N3O3S/c25-16-7-5-15(6-8-16)23(31)28-11-9-27(10-12-28)18-13-29(14-19(18)30)24(32)22-21(26)17-3-1-2-4-20(17)33-22/h1-8,18-19,30H,9-14H2. The molecule has 5 rings (SSSR count). The van der Waals surface area contributed by atoms with Crippen LogP contribution in [0.5, 0.6) is 0 Å². The van der Waals surface area contributed by atoms with Crippen molar-refractivity contribution in [2.45, 2.75) is 12.1 Å². The largest absolute Gasteiger partial charge is 0.390 e. The molecule has 1 aromatic heterocycles. The number of β-amino-alcohol motifs (C(OH)–C–C–N with tert-alkyl or cyclic N) is 1. The first-order chi connectivity index (χ1) is 15.9. The van der Waals surface area contributed by atoms with E-state index in [1.807, 2.05) is 29.2 Å². The van der Waals surface area contributed by atoms with Gasteiger partial charge in [0, 0.05) is 59.9 Å². The molecule has 2 amide bonds. The number of benzene rings is 2. The van der Waals surface area contributed by atoms with E-state index >= 15 is 0 Å². The molecule has 9 heteroatoms. The van der Waals surface area contributed by atoms with E-state index in [1.165, 1.54) is 11.3 Å². The van der Waals surface area contributed by atoms with Crippen molar-refractivity contribution < 1.29 is 14.7 Å². The average molecular weight is 504 g/mol. The Hall–Kier alpha value is -2.16. The van der Waals surface area contributed by atoms with E-state index in [1.54, 1.807) is 29.2 Å². The lowest BCUT2D eigenvalue weighted by molar-refractivity contribution is 0.0376. The van der Waals surface area contributed by atoms with E-state index in [4.69, 9.17) is 23.2 Å². The molecule has 3 heterocycles. The molecule has 2 unspecified atom stereocenters. The number of hydrogen-bond acceptors (Lipinski definition) is 5. The number of aliphatic hydroxyl groups excluding tert-OH is 1. The summed E-state index contributed by atoms with van der Waals surface area (Å²) in [4.78, 5) is 32.2. The van der Waals surface area contributed by atoms with Crippen LogP contribution < -0.4 is 0 Å². The van der Waals surface area contributed by atoms with Crippen LogP contribution in [0.1, 0.15) is 20.0 Å². The molecule has 0 radical (unpaired) electrons. The number of fused-ring (bicyclic) bond motifs is 1. The molecule has 2 aliphatic rings. The molecule has 2 aromatic carbocycles. The van der Waals surface area contributed by atoms with Gasteiger partial charge in [0.1, 0.15) is 4.88 Å². The second kappa shape index (κ2) is 9.24. The van der Waals surface area contributed by atoms with Crippen LogP contribution in [0, 0.1) is 0 Å². The number of hydrogen-bond donors (Lipinski definition) is 1. The molecule has 0 aliphatic carbocycles. The van der Waals surface area contributed by atoms with Crippen molar-refractivity contribution in [3.8, 4) is 0 Å². The molecule has 33 heavy (non-hydrogen) atoms. The molecular weight excluding hydrogens is 481 g/mol. The van der Waals surface area contributed by atoms with Crippen molar-refractivity contribution in [1.29, 1.82) is 0 Å². The van der Waals surface area contributed by atoms with E-state index in [0.717, 1.165) is 10.1 Å². The zero-order valence-electron chi connectivity index (χ0n) is 17.8. The molecule has 3 aromatic rings. The molecule has 2 fully saturated rings. The Morgan fingerprint density at radius 2 is 1.58 bits per heavy atom. The molecule has 0 bridgehead atoms. The molecule has 2 atom stereocenters. The predicted molar refractivity (Wildman–Crippen MR) is 131 cm³/mol. The van der Waals surface area contributed by atoms with Crippen molar-refractivity contribution in [3.63, 3.8) is 0 Å². The number of piperazine rings is 1. The van der Waals surface area contributed by atoms with Crippen molar-refractivity contribution in [3.05, 3.63) is 69.0 Å². The van der Waals surface area contributed by atoms with Gasteiger partial charge >= 0.3 is 0 Å². The number of carbonyl (C=O) groups excluding carboxylic acids is 2. The Morgan fingerprint density at radius 1 is 0.879 bits per heavy atom. The summed E-state index contributed by atoms with van der Waals surface area (Å²) in [6, 6.07) is 14.4. The number of halogens is 2. The number of thiophene rings is 1. The topological polar surface area (TPSA) is 64.1 Å². The summed E-state index contributed by atoms with van der Waals surface area (Å²) in [5.41, 5.74) is 0.616. The number of nitrogens with zero attached hydrogens (tertiary/aromatic N) is 3.